The number of carboxylic acids is 1. The first kappa shape index (κ1) is 20.7. The summed E-state index contributed by atoms with van der Waals surface area (Å²) in [5.41, 5.74) is 3.71. The highest BCUT2D eigenvalue weighted by Gasteiger charge is 2.66. The summed E-state index contributed by atoms with van der Waals surface area (Å²) in [6.07, 6.45) is 0.0928. The van der Waals surface area contributed by atoms with E-state index in [-0.39, 0.29) is 23.6 Å². The molecule has 2 atom stereocenters. The second kappa shape index (κ2) is 8.15. The standard InChI is InChI=1S/C16H17N3O6S3/c1-25-16(18-10(20)5-9-3-2-4-26-9)13(23)19-11(12(21)22)8(6-27-14(16)19)7-28-15(17)24/h2-4,14H,5-7H2,1H3,(H2,17,24)(H,18,20)(H,21,22)/t14-,16?/m0/s1. The molecule has 1 saturated heterocycles. The van der Waals surface area contributed by atoms with Gasteiger partial charge >= 0.3 is 5.97 Å². The highest BCUT2D eigenvalue weighted by molar-refractivity contribution is 8.13. The van der Waals surface area contributed by atoms with Crippen molar-refractivity contribution in [2.45, 2.75) is 17.5 Å². The van der Waals surface area contributed by atoms with E-state index in [1.165, 1.54) is 30.2 Å². The van der Waals surface area contributed by atoms with Crippen molar-refractivity contribution >= 4 is 57.9 Å². The lowest BCUT2D eigenvalue weighted by Gasteiger charge is -2.55. The van der Waals surface area contributed by atoms with E-state index in [0.717, 1.165) is 21.5 Å². The molecule has 0 aromatic carbocycles. The molecule has 4 N–H and O–H groups in total. The highest BCUT2D eigenvalue weighted by Crippen LogP contribution is 2.47. The quantitative estimate of drug-likeness (QED) is 0.416. The van der Waals surface area contributed by atoms with Gasteiger partial charge in [0.1, 0.15) is 11.1 Å². The van der Waals surface area contributed by atoms with E-state index in [4.69, 9.17) is 10.5 Å². The fourth-order valence-corrected chi connectivity index (χ4v) is 5.86. The van der Waals surface area contributed by atoms with Crippen LogP contribution >= 0.6 is 34.9 Å². The number of thiophene rings is 1. The lowest BCUT2D eigenvalue weighted by Crippen LogP contribution is -2.80. The van der Waals surface area contributed by atoms with Gasteiger partial charge in [0.2, 0.25) is 5.91 Å². The van der Waals surface area contributed by atoms with Gasteiger partial charge in [0.25, 0.3) is 16.9 Å². The smallest absolute Gasteiger partial charge is 0.352 e. The zero-order chi connectivity index (χ0) is 20.5. The van der Waals surface area contributed by atoms with Gasteiger partial charge in [-0.25, -0.2) is 4.79 Å². The number of carboxylic acid groups (broad SMARTS) is 1. The number of nitrogens with zero attached hydrogens (tertiary/aromatic N) is 1. The molecule has 28 heavy (non-hydrogen) atoms. The van der Waals surface area contributed by atoms with Crippen molar-refractivity contribution in [1.29, 1.82) is 0 Å². The summed E-state index contributed by atoms with van der Waals surface area (Å²) in [7, 11) is 1.30. The Kier molecular flexibility index (Phi) is 6.03. The zero-order valence-electron chi connectivity index (χ0n) is 14.7. The van der Waals surface area contributed by atoms with Gasteiger partial charge in [-0.2, -0.15) is 0 Å². The van der Waals surface area contributed by atoms with Crippen molar-refractivity contribution in [3.63, 3.8) is 0 Å². The second-order valence-corrected chi connectivity index (χ2v) is 9.03. The van der Waals surface area contributed by atoms with Crippen molar-refractivity contribution in [1.82, 2.24) is 10.2 Å². The number of methoxy groups -OCH3 is 1. The van der Waals surface area contributed by atoms with E-state index in [0.29, 0.717) is 5.57 Å². The highest BCUT2D eigenvalue weighted by atomic mass is 32.2. The van der Waals surface area contributed by atoms with Crippen molar-refractivity contribution in [2.75, 3.05) is 18.6 Å². The maximum absolute atomic E-state index is 12.9. The number of β-lactam (4-membered cyclic amide) rings is 1. The first-order valence-corrected chi connectivity index (χ1v) is 10.9. The van der Waals surface area contributed by atoms with Crippen LogP contribution in [0.2, 0.25) is 0 Å². The fourth-order valence-electron chi connectivity index (χ4n) is 3.04. The number of hydrogen-bond acceptors (Lipinski definition) is 8. The van der Waals surface area contributed by atoms with E-state index in [1.807, 2.05) is 17.5 Å². The number of thioether (sulfide) groups is 2. The molecule has 0 aliphatic carbocycles. The molecule has 150 valence electrons. The predicted molar refractivity (Wildman–Crippen MR) is 106 cm³/mol. The summed E-state index contributed by atoms with van der Waals surface area (Å²) >= 11 is 3.45. The maximum Gasteiger partial charge on any atom is 0.352 e. The molecule has 0 saturated carbocycles. The Hall–Kier alpha value is -2.02. The number of carbonyl (C=O) groups is 4. The van der Waals surface area contributed by atoms with Gasteiger partial charge in [-0.05, 0) is 17.0 Å². The Balaban J connectivity index is 1.81. The molecule has 1 fully saturated rings. The van der Waals surface area contributed by atoms with Gasteiger partial charge in [-0.1, -0.05) is 17.8 Å². The van der Waals surface area contributed by atoms with Crippen LogP contribution < -0.4 is 11.1 Å². The normalized spacial score (nSPS) is 23.8. The maximum atomic E-state index is 12.9. The summed E-state index contributed by atoms with van der Waals surface area (Å²) in [5.74, 6) is -2.00. The molecule has 3 amide bonds. The summed E-state index contributed by atoms with van der Waals surface area (Å²) in [5, 5.41) is 12.7. The van der Waals surface area contributed by atoms with Gasteiger partial charge in [0, 0.05) is 23.5 Å². The number of fused-ring (bicyclic) bond motifs is 1. The van der Waals surface area contributed by atoms with E-state index < -0.39 is 34.1 Å². The van der Waals surface area contributed by atoms with Crippen molar-refractivity contribution in [2.24, 2.45) is 5.73 Å². The Morgan fingerprint density at radius 2 is 2.25 bits per heavy atom. The molecule has 1 aromatic rings. The number of ether oxygens (including phenoxy) is 1. The average Bonchev–Trinajstić information content (AvgIpc) is 3.15. The van der Waals surface area contributed by atoms with Crippen LogP contribution in [0.3, 0.4) is 0 Å². The predicted octanol–water partition coefficient (Wildman–Crippen LogP) is 0.815. The third-order valence-electron chi connectivity index (χ3n) is 4.26. The van der Waals surface area contributed by atoms with Crippen LogP contribution in [0.25, 0.3) is 0 Å². The van der Waals surface area contributed by atoms with Gasteiger partial charge in [-0.15, -0.1) is 23.1 Å². The first-order valence-electron chi connectivity index (χ1n) is 8.01. The number of nitrogens with one attached hydrogen (secondary N) is 1. The minimum absolute atomic E-state index is 0.0746. The summed E-state index contributed by atoms with van der Waals surface area (Å²) in [6, 6.07) is 3.63. The lowest BCUT2D eigenvalue weighted by atomic mass is 9.98. The van der Waals surface area contributed by atoms with Crippen LogP contribution in [0.15, 0.2) is 28.8 Å². The molecule has 3 rings (SSSR count). The van der Waals surface area contributed by atoms with Crippen LogP contribution in [0, 0.1) is 0 Å². The average molecular weight is 444 g/mol. The summed E-state index contributed by atoms with van der Waals surface area (Å²) in [4.78, 5) is 50.0. The second-order valence-electron chi connectivity index (χ2n) is 5.95. The molecule has 1 aromatic heterocycles. The van der Waals surface area contributed by atoms with Crippen molar-refractivity contribution < 1.29 is 29.0 Å². The number of carbonyl (C=O) groups excluding carboxylic acids is 3. The number of primary amides is 1. The summed E-state index contributed by atoms with van der Waals surface area (Å²) < 4.78 is 5.37. The molecule has 3 heterocycles. The van der Waals surface area contributed by atoms with Gasteiger partial charge in [0.05, 0.1) is 6.42 Å². The number of nitrogens with two attached hydrogens (primary N) is 1. The third-order valence-corrected chi connectivity index (χ3v) is 7.29. The molecule has 2 aliphatic rings. The van der Waals surface area contributed by atoms with Gasteiger partial charge in [0.15, 0.2) is 0 Å². The number of amides is 3. The van der Waals surface area contributed by atoms with Crippen molar-refractivity contribution in [3.8, 4) is 0 Å². The molecular weight excluding hydrogens is 426 g/mol. The molecule has 2 aliphatic heterocycles. The topological polar surface area (TPSA) is 139 Å². The van der Waals surface area contributed by atoms with E-state index in [9.17, 15) is 24.3 Å². The van der Waals surface area contributed by atoms with Crippen LogP contribution in [0.5, 0.6) is 0 Å². The Morgan fingerprint density at radius 3 is 2.82 bits per heavy atom. The summed E-state index contributed by atoms with van der Waals surface area (Å²) in [6.45, 7) is 0. The minimum Gasteiger partial charge on any atom is -0.477 e. The van der Waals surface area contributed by atoms with Crippen LogP contribution in [-0.2, 0) is 25.5 Å². The van der Waals surface area contributed by atoms with E-state index in [1.54, 1.807) is 0 Å². The Labute approximate surface area is 172 Å². The zero-order valence-corrected chi connectivity index (χ0v) is 17.1. The van der Waals surface area contributed by atoms with Crippen LogP contribution in [0.1, 0.15) is 4.88 Å². The largest absolute Gasteiger partial charge is 0.477 e. The lowest BCUT2D eigenvalue weighted by molar-refractivity contribution is -0.192. The number of hydrogen-bond donors (Lipinski definition) is 3. The molecule has 12 heteroatoms. The van der Waals surface area contributed by atoms with Gasteiger partial charge < -0.3 is 20.9 Å². The van der Waals surface area contributed by atoms with E-state index in [2.05, 4.69) is 5.32 Å². The van der Waals surface area contributed by atoms with Crippen LogP contribution in [-0.4, -0.2) is 62.7 Å². The van der Waals surface area contributed by atoms with Crippen molar-refractivity contribution in [3.05, 3.63) is 33.7 Å². The Bertz CT molecular complexity index is 856. The minimum atomic E-state index is -1.62. The SMILES string of the molecule is COC1(NC(=O)Cc2cccs2)C(=O)N2C(C(=O)O)=C(CSC(N)=O)CS[C@H]21. The monoisotopic (exact) mass is 443 g/mol. The Morgan fingerprint density at radius 1 is 1.50 bits per heavy atom. The molecule has 1 unspecified atom stereocenters. The first-order chi connectivity index (χ1) is 13.3. The van der Waals surface area contributed by atoms with Crippen LogP contribution in [0.4, 0.5) is 4.79 Å². The molecular formula is C16H17N3O6S3. The molecule has 9 nitrogen and oxygen atoms in total. The third kappa shape index (κ3) is 3.64. The molecule has 0 radical (unpaired) electrons. The number of rotatable bonds is 7. The molecule has 0 bridgehead atoms. The molecule has 0 spiro atoms. The van der Waals surface area contributed by atoms with E-state index >= 15 is 0 Å². The van der Waals surface area contributed by atoms with Gasteiger partial charge in [-0.3, -0.25) is 19.3 Å². The number of aliphatic carboxylic acids is 1. The fraction of sp³-hybridized carbons (Fsp3) is 0.375.